The lowest BCUT2D eigenvalue weighted by Gasteiger charge is -2.13. The van der Waals surface area contributed by atoms with Gasteiger partial charge in [0.15, 0.2) is 0 Å². The van der Waals surface area contributed by atoms with E-state index in [0.29, 0.717) is 12.4 Å². The molecule has 1 aromatic heterocycles. The highest BCUT2D eigenvalue weighted by atomic mass is 16.4. The van der Waals surface area contributed by atoms with Gasteiger partial charge in [-0.3, -0.25) is 9.59 Å². The van der Waals surface area contributed by atoms with Crippen molar-refractivity contribution in [2.24, 2.45) is 5.92 Å². The van der Waals surface area contributed by atoms with Crippen molar-refractivity contribution in [3.63, 3.8) is 0 Å². The Kier molecular flexibility index (Phi) is 2.70. The van der Waals surface area contributed by atoms with Crippen LogP contribution < -0.4 is 0 Å². The summed E-state index contributed by atoms with van der Waals surface area (Å²) in [5.41, 5.74) is 1.76. The average Bonchev–Trinajstić information content (AvgIpc) is 2.93. The molecule has 98 valence electrons. The molecule has 0 bridgehead atoms. The van der Waals surface area contributed by atoms with Gasteiger partial charge in [-0.1, -0.05) is 12.1 Å². The van der Waals surface area contributed by atoms with Gasteiger partial charge in [0, 0.05) is 13.0 Å². The minimum absolute atomic E-state index is 0.0789. The minimum Gasteiger partial charge on any atom is -0.481 e. The summed E-state index contributed by atoms with van der Waals surface area (Å²) in [5.74, 6) is -0.967. The smallest absolute Gasteiger partial charge is 0.308 e. The number of aliphatic carboxylic acids is 1. The molecule has 0 radical (unpaired) electrons. The highest BCUT2D eigenvalue weighted by molar-refractivity contribution is 5.86. The highest BCUT2D eigenvalue weighted by Gasteiger charge is 2.34. The number of likely N-dealkylation sites (tertiary alicyclic amines) is 1. The van der Waals surface area contributed by atoms with E-state index in [2.05, 4.69) is 9.97 Å². The Morgan fingerprint density at radius 2 is 2.26 bits per heavy atom. The summed E-state index contributed by atoms with van der Waals surface area (Å²) in [7, 11) is 0. The zero-order valence-electron chi connectivity index (χ0n) is 10.2. The van der Waals surface area contributed by atoms with Crippen molar-refractivity contribution in [2.75, 3.05) is 6.54 Å². The van der Waals surface area contributed by atoms with Crippen LogP contribution in [-0.4, -0.2) is 38.4 Å². The second kappa shape index (κ2) is 4.38. The lowest BCUT2D eigenvalue weighted by molar-refractivity contribution is -0.141. The van der Waals surface area contributed by atoms with Crippen molar-refractivity contribution in [2.45, 2.75) is 13.0 Å². The molecule has 1 unspecified atom stereocenters. The van der Waals surface area contributed by atoms with Gasteiger partial charge in [0.25, 0.3) is 0 Å². The molecule has 1 saturated heterocycles. The van der Waals surface area contributed by atoms with Gasteiger partial charge in [-0.2, -0.15) is 0 Å². The van der Waals surface area contributed by atoms with E-state index in [9.17, 15) is 9.59 Å². The number of carbonyl (C=O) groups excluding carboxylic acids is 1. The molecule has 0 saturated carbocycles. The monoisotopic (exact) mass is 259 g/mol. The molecule has 1 aliphatic heterocycles. The maximum Gasteiger partial charge on any atom is 0.308 e. The van der Waals surface area contributed by atoms with Crippen LogP contribution in [0, 0.1) is 5.92 Å². The molecule has 0 spiro atoms. The Labute approximate surface area is 109 Å². The number of carbonyl (C=O) groups is 2. The van der Waals surface area contributed by atoms with Crippen molar-refractivity contribution < 1.29 is 14.7 Å². The summed E-state index contributed by atoms with van der Waals surface area (Å²) < 4.78 is 0. The molecular weight excluding hydrogens is 246 g/mol. The number of carboxylic acid groups (broad SMARTS) is 1. The number of hydrogen-bond acceptors (Lipinski definition) is 3. The summed E-state index contributed by atoms with van der Waals surface area (Å²) in [6.45, 7) is 0.586. The van der Waals surface area contributed by atoms with Crippen molar-refractivity contribution >= 4 is 22.9 Å². The van der Waals surface area contributed by atoms with E-state index in [4.69, 9.17) is 5.11 Å². The van der Waals surface area contributed by atoms with Crippen LogP contribution in [0.5, 0.6) is 0 Å². The van der Waals surface area contributed by atoms with E-state index < -0.39 is 11.9 Å². The number of carboxylic acids is 1. The number of amides is 1. The van der Waals surface area contributed by atoms with E-state index in [0.717, 1.165) is 11.0 Å². The van der Waals surface area contributed by atoms with E-state index in [1.54, 1.807) is 0 Å². The van der Waals surface area contributed by atoms with E-state index >= 15 is 0 Å². The van der Waals surface area contributed by atoms with Crippen LogP contribution in [0.4, 0.5) is 0 Å². The van der Waals surface area contributed by atoms with Gasteiger partial charge >= 0.3 is 5.97 Å². The Balaban J connectivity index is 1.78. The quantitative estimate of drug-likeness (QED) is 0.860. The van der Waals surface area contributed by atoms with Gasteiger partial charge in [0.1, 0.15) is 5.82 Å². The molecule has 2 heterocycles. The topological polar surface area (TPSA) is 86.3 Å². The lowest BCUT2D eigenvalue weighted by atomic mass is 10.1. The normalized spacial score (nSPS) is 19.3. The summed E-state index contributed by atoms with van der Waals surface area (Å²) in [5, 5.41) is 8.93. The van der Waals surface area contributed by atoms with Crippen molar-refractivity contribution in [1.29, 1.82) is 0 Å². The van der Waals surface area contributed by atoms with Crippen LogP contribution in [-0.2, 0) is 16.1 Å². The van der Waals surface area contributed by atoms with Gasteiger partial charge in [-0.05, 0) is 12.1 Å². The number of aromatic amines is 1. The van der Waals surface area contributed by atoms with Crippen LogP contribution in [0.15, 0.2) is 24.3 Å². The molecule has 1 fully saturated rings. The zero-order valence-corrected chi connectivity index (χ0v) is 10.2. The number of benzene rings is 1. The molecule has 2 N–H and O–H groups in total. The number of nitrogens with one attached hydrogen (secondary N) is 1. The Hall–Kier alpha value is -2.37. The second-order valence-corrected chi connectivity index (χ2v) is 4.71. The second-order valence-electron chi connectivity index (χ2n) is 4.71. The van der Waals surface area contributed by atoms with Crippen LogP contribution in [0.1, 0.15) is 12.2 Å². The first-order chi connectivity index (χ1) is 9.13. The number of H-pyrrole nitrogens is 1. The molecule has 6 nitrogen and oxygen atoms in total. The average molecular weight is 259 g/mol. The van der Waals surface area contributed by atoms with Crippen molar-refractivity contribution in [3.8, 4) is 0 Å². The fourth-order valence-electron chi connectivity index (χ4n) is 2.35. The molecule has 0 aliphatic carbocycles. The molecule has 1 atom stereocenters. The molecule has 1 aromatic carbocycles. The molecule has 19 heavy (non-hydrogen) atoms. The van der Waals surface area contributed by atoms with Crippen LogP contribution in [0.25, 0.3) is 11.0 Å². The number of para-hydroxylation sites is 2. The molecule has 1 aliphatic rings. The number of nitrogens with zero attached hydrogens (tertiary/aromatic N) is 2. The lowest BCUT2D eigenvalue weighted by Crippen LogP contribution is -2.26. The molecule has 6 heteroatoms. The maximum absolute atomic E-state index is 11.7. The fourth-order valence-corrected chi connectivity index (χ4v) is 2.35. The first-order valence-corrected chi connectivity index (χ1v) is 6.07. The standard InChI is InChI=1S/C13H13N3O3/c17-12-5-8(13(18)19)6-16(12)7-11-14-9-3-1-2-4-10(9)15-11/h1-4,8H,5-7H2,(H,14,15)(H,18,19). The summed E-state index contributed by atoms with van der Waals surface area (Å²) in [4.78, 5) is 31.7. The first kappa shape index (κ1) is 11.7. The largest absolute Gasteiger partial charge is 0.481 e. The number of imidazole rings is 1. The third-order valence-electron chi connectivity index (χ3n) is 3.34. The minimum atomic E-state index is -0.916. The van der Waals surface area contributed by atoms with E-state index in [1.807, 2.05) is 24.3 Å². The van der Waals surface area contributed by atoms with Crippen LogP contribution in [0.2, 0.25) is 0 Å². The Bertz CT molecular complexity index is 616. The van der Waals surface area contributed by atoms with Crippen molar-refractivity contribution in [3.05, 3.63) is 30.1 Å². The molecular formula is C13H13N3O3. The zero-order chi connectivity index (χ0) is 13.4. The number of aromatic nitrogens is 2. The first-order valence-electron chi connectivity index (χ1n) is 6.07. The summed E-state index contributed by atoms with van der Waals surface area (Å²) >= 11 is 0. The third kappa shape index (κ3) is 2.16. The number of rotatable bonds is 3. The van der Waals surface area contributed by atoms with E-state index in [-0.39, 0.29) is 18.9 Å². The van der Waals surface area contributed by atoms with E-state index in [1.165, 1.54) is 4.90 Å². The molecule has 1 amide bonds. The molecule has 3 rings (SSSR count). The van der Waals surface area contributed by atoms with Gasteiger partial charge in [-0.25, -0.2) is 4.98 Å². The van der Waals surface area contributed by atoms with Gasteiger partial charge < -0.3 is 15.0 Å². The predicted octanol–water partition coefficient (Wildman–Crippen LogP) is 0.996. The molecule has 2 aromatic rings. The Morgan fingerprint density at radius 1 is 1.47 bits per heavy atom. The summed E-state index contributed by atoms with van der Waals surface area (Å²) in [6, 6.07) is 7.61. The number of fused-ring (bicyclic) bond motifs is 1. The van der Waals surface area contributed by atoms with Crippen LogP contribution in [0.3, 0.4) is 0 Å². The van der Waals surface area contributed by atoms with Gasteiger partial charge in [0.05, 0.1) is 23.5 Å². The van der Waals surface area contributed by atoms with Gasteiger partial charge in [-0.15, -0.1) is 0 Å². The third-order valence-corrected chi connectivity index (χ3v) is 3.34. The van der Waals surface area contributed by atoms with Crippen LogP contribution >= 0.6 is 0 Å². The fraction of sp³-hybridized carbons (Fsp3) is 0.308. The summed E-state index contributed by atoms with van der Waals surface area (Å²) in [6.07, 6.45) is 0.0789. The Morgan fingerprint density at radius 3 is 2.95 bits per heavy atom. The number of hydrogen-bond donors (Lipinski definition) is 2. The maximum atomic E-state index is 11.7. The highest BCUT2D eigenvalue weighted by Crippen LogP contribution is 2.20. The van der Waals surface area contributed by atoms with Gasteiger partial charge in [0.2, 0.25) is 5.91 Å². The van der Waals surface area contributed by atoms with Crippen molar-refractivity contribution in [1.82, 2.24) is 14.9 Å². The SMILES string of the molecule is O=C(O)C1CC(=O)N(Cc2nc3ccccc3[nH]2)C1. The predicted molar refractivity (Wildman–Crippen MR) is 67.3 cm³/mol.